The van der Waals surface area contributed by atoms with Crippen molar-refractivity contribution in [1.29, 1.82) is 0 Å². The van der Waals surface area contributed by atoms with Crippen molar-refractivity contribution in [2.75, 3.05) is 13.7 Å². The van der Waals surface area contributed by atoms with E-state index >= 15 is 0 Å². The smallest absolute Gasteiger partial charge is 0.128 e. The molecule has 0 saturated heterocycles. The fourth-order valence-electron chi connectivity index (χ4n) is 2.22. The van der Waals surface area contributed by atoms with Crippen LogP contribution in [0.1, 0.15) is 30.7 Å². The highest BCUT2D eigenvalue weighted by Crippen LogP contribution is 2.25. The molecule has 0 spiro atoms. The van der Waals surface area contributed by atoms with Gasteiger partial charge in [-0.05, 0) is 27.7 Å². The Bertz CT molecular complexity index is 410. The summed E-state index contributed by atoms with van der Waals surface area (Å²) in [6, 6.07) is 0.0264. The van der Waals surface area contributed by atoms with E-state index in [1.54, 1.807) is 7.11 Å². The van der Waals surface area contributed by atoms with Crippen LogP contribution in [0.15, 0.2) is 6.20 Å². The molecule has 0 fully saturated rings. The van der Waals surface area contributed by atoms with E-state index < -0.39 is 0 Å². The number of ether oxygens (including phenoxy) is 2. The Hall–Kier alpha value is -1.17. The molecule has 2 atom stereocenters. The zero-order chi connectivity index (χ0) is 14.4. The first-order chi connectivity index (χ1) is 9.04. The number of nitrogens with zero attached hydrogens (tertiary/aromatic N) is 1. The maximum absolute atomic E-state index is 5.61. The van der Waals surface area contributed by atoms with Crippen LogP contribution in [0.3, 0.4) is 0 Å². The molecule has 0 aliphatic carbocycles. The van der Waals surface area contributed by atoms with E-state index in [1.165, 1.54) is 0 Å². The Kier molecular flexibility index (Phi) is 6.21. The highest BCUT2D eigenvalue weighted by Gasteiger charge is 2.19. The van der Waals surface area contributed by atoms with Crippen LogP contribution < -0.4 is 16.0 Å². The zero-order valence-corrected chi connectivity index (χ0v) is 12.5. The lowest BCUT2D eigenvalue weighted by Crippen LogP contribution is -2.45. The monoisotopic (exact) mass is 267 g/mol. The summed E-state index contributed by atoms with van der Waals surface area (Å²) in [6.07, 6.45) is 2.57. The molecule has 3 N–H and O–H groups in total. The average Bonchev–Trinajstić information content (AvgIpc) is 2.39. The molecule has 0 amide bonds. The summed E-state index contributed by atoms with van der Waals surface area (Å²) in [5, 5.41) is 0. The molecule has 1 aromatic heterocycles. The van der Waals surface area contributed by atoms with Crippen molar-refractivity contribution in [2.24, 2.45) is 5.84 Å². The molecule has 0 bridgehead atoms. The summed E-state index contributed by atoms with van der Waals surface area (Å²) in [4.78, 5) is 4.49. The van der Waals surface area contributed by atoms with Crippen molar-refractivity contribution in [1.82, 2.24) is 10.4 Å². The van der Waals surface area contributed by atoms with E-state index in [4.69, 9.17) is 15.3 Å². The lowest BCUT2D eigenvalue weighted by molar-refractivity contribution is 0.0473. The maximum Gasteiger partial charge on any atom is 0.128 e. The van der Waals surface area contributed by atoms with Gasteiger partial charge in [-0.3, -0.25) is 16.3 Å². The third kappa shape index (κ3) is 3.89. The second kappa shape index (κ2) is 7.43. The number of rotatable bonds is 7. The van der Waals surface area contributed by atoms with Gasteiger partial charge in [-0.25, -0.2) is 0 Å². The van der Waals surface area contributed by atoms with Crippen LogP contribution in [0.25, 0.3) is 0 Å². The van der Waals surface area contributed by atoms with Gasteiger partial charge in [0.05, 0.1) is 19.3 Å². The van der Waals surface area contributed by atoms with Gasteiger partial charge in [-0.1, -0.05) is 0 Å². The van der Waals surface area contributed by atoms with Crippen molar-refractivity contribution < 1.29 is 9.47 Å². The third-order valence-corrected chi connectivity index (χ3v) is 3.37. The summed E-state index contributed by atoms with van der Waals surface area (Å²) in [6.45, 7) is 8.66. The maximum atomic E-state index is 5.61. The molecule has 0 saturated carbocycles. The van der Waals surface area contributed by atoms with E-state index in [1.807, 2.05) is 33.9 Å². The first kappa shape index (κ1) is 15.9. The Morgan fingerprint density at radius 1 is 1.42 bits per heavy atom. The predicted molar refractivity (Wildman–Crippen MR) is 76.2 cm³/mol. The minimum atomic E-state index is 0.0264. The molecule has 1 heterocycles. The number of aromatic nitrogens is 1. The van der Waals surface area contributed by atoms with Gasteiger partial charge < -0.3 is 9.47 Å². The molecule has 0 aliphatic rings. The Labute approximate surface area is 115 Å². The van der Waals surface area contributed by atoms with Crippen LogP contribution in [-0.4, -0.2) is 30.8 Å². The van der Waals surface area contributed by atoms with E-state index in [0.29, 0.717) is 13.0 Å². The summed E-state index contributed by atoms with van der Waals surface area (Å²) in [5.74, 6) is 6.51. The molecule has 5 nitrogen and oxygen atoms in total. The number of methoxy groups -OCH3 is 1. The minimum absolute atomic E-state index is 0.0264. The first-order valence-electron chi connectivity index (χ1n) is 6.61. The van der Waals surface area contributed by atoms with Crippen LogP contribution >= 0.6 is 0 Å². The van der Waals surface area contributed by atoms with Crippen LogP contribution in [0.5, 0.6) is 5.75 Å². The van der Waals surface area contributed by atoms with Crippen molar-refractivity contribution in [3.8, 4) is 5.75 Å². The molecule has 19 heavy (non-hydrogen) atoms. The molecule has 2 unspecified atom stereocenters. The number of nitrogens with two attached hydrogens (primary N) is 1. The number of nitrogens with one attached hydrogen (secondary N) is 1. The SMILES string of the molecule is CCOC(C)C(Cc1ncc(C)c(OC)c1C)NN. The zero-order valence-electron chi connectivity index (χ0n) is 12.5. The van der Waals surface area contributed by atoms with Crippen LogP contribution in [-0.2, 0) is 11.2 Å². The van der Waals surface area contributed by atoms with E-state index in [9.17, 15) is 0 Å². The van der Waals surface area contributed by atoms with Crippen LogP contribution in [0, 0.1) is 13.8 Å². The molecule has 1 aromatic rings. The quantitative estimate of drug-likeness (QED) is 0.579. The Morgan fingerprint density at radius 3 is 2.63 bits per heavy atom. The number of aryl methyl sites for hydroxylation is 1. The standard InChI is InChI=1S/C14H25N3O2/c1-6-19-11(4)13(17-15)7-12-10(3)14(18-5)9(2)8-16-12/h8,11,13,17H,6-7,15H2,1-5H3. The van der Waals surface area contributed by atoms with Gasteiger partial charge in [0.1, 0.15) is 5.75 Å². The fraction of sp³-hybridized carbons (Fsp3) is 0.643. The van der Waals surface area contributed by atoms with Gasteiger partial charge in [-0.2, -0.15) is 0 Å². The van der Waals surface area contributed by atoms with Gasteiger partial charge in [0.25, 0.3) is 0 Å². The highest BCUT2D eigenvalue weighted by molar-refractivity contribution is 5.41. The third-order valence-electron chi connectivity index (χ3n) is 3.37. The molecular weight excluding hydrogens is 242 g/mol. The van der Waals surface area contributed by atoms with Crippen molar-refractivity contribution in [2.45, 2.75) is 46.3 Å². The number of pyridine rings is 1. The fourth-order valence-corrected chi connectivity index (χ4v) is 2.22. The lowest BCUT2D eigenvalue weighted by Gasteiger charge is -2.24. The summed E-state index contributed by atoms with van der Waals surface area (Å²) < 4.78 is 11.0. The van der Waals surface area contributed by atoms with E-state index in [0.717, 1.165) is 22.6 Å². The second-order valence-corrected chi connectivity index (χ2v) is 4.68. The van der Waals surface area contributed by atoms with Crippen molar-refractivity contribution in [3.63, 3.8) is 0 Å². The molecule has 0 aliphatic heterocycles. The molecular formula is C14H25N3O2. The van der Waals surface area contributed by atoms with Gasteiger partial charge in [-0.15, -0.1) is 0 Å². The summed E-state index contributed by atoms with van der Waals surface area (Å²) in [7, 11) is 1.68. The number of hydrazine groups is 1. The minimum Gasteiger partial charge on any atom is -0.496 e. The highest BCUT2D eigenvalue weighted by atomic mass is 16.5. The van der Waals surface area contributed by atoms with Gasteiger partial charge >= 0.3 is 0 Å². The van der Waals surface area contributed by atoms with Crippen molar-refractivity contribution >= 4 is 0 Å². The Balaban J connectivity index is 2.91. The largest absolute Gasteiger partial charge is 0.496 e. The van der Waals surface area contributed by atoms with E-state index in [-0.39, 0.29) is 12.1 Å². The molecule has 0 radical (unpaired) electrons. The molecule has 1 rings (SSSR count). The molecule has 0 aromatic carbocycles. The van der Waals surface area contributed by atoms with Gasteiger partial charge in [0.15, 0.2) is 0 Å². The second-order valence-electron chi connectivity index (χ2n) is 4.68. The normalized spacial score (nSPS) is 14.2. The summed E-state index contributed by atoms with van der Waals surface area (Å²) >= 11 is 0. The van der Waals surface area contributed by atoms with Crippen LogP contribution in [0.4, 0.5) is 0 Å². The van der Waals surface area contributed by atoms with Crippen LogP contribution in [0.2, 0.25) is 0 Å². The lowest BCUT2D eigenvalue weighted by atomic mass is 10.0. The number of hydrogen-bond acceptors (Lipinski definition) is 5. The van der Waals surface area contributed by atoms with Gasteiger partial charge in [0.2, 0.25) is 0 Å². The average molecular weight is 267 g/mol. The molecule has 108 valence electrons. The topological polar surface area (TPSA) is 69.4 Å². The van der Waals surface area contributed by atoms with Gasteiger partial charge in [0, 0.05) is 36.0 Å². The molecule has 5 heteroatoms. The first-order valence-corrected chi connectivity index (χ1v) is 6.61. The Morgan fingerprint density at radius 2 is 2.11 bits per heavy atom. The number of hydrogen-bond donors (Lipinski definition) is 2. The predicted octanol–water partition coefficient (Wildman–Crippen LogP) is 1.51. The summed E-state index contributed by atoms with van der Waals surface area (Å²) in [5.41, 5.74) is 5.89. The van der Waals surface area contributed by atoms with Crippen molar-refractivity contribution in [3.05, 3.63) is 23.0 Å². The van der Waals surface area contributed by atoms with E-state index in [2.05, 4.69) is 10.4 Å².